The normalized spacial score (nSPS) is 17.6. The number of fused-ring (bicyclic) bond motifs is 4. The van der Waals surface area contributed by atoms with E-state index >= 15 is 0 Å². The molecule has 0 fully saturated rings. The Kier molecular flexibility index (Phi) is 10.8. The molecule has 3 aliphatic rings. The van der Waals surface area contributed by atoms with Crippen molar-refractivity contribution in [2.75, 3.05) is 83.7 Å². The zero-order chi connectivity index (χ0) is 38.1. The predicted octanol–water partition coefficient (Wildman–Crippen LogP) is 6.81. The van der Waals surface area contributed by atoms with Crippen molar-refractivity contribution in [3.8, 4) is 63.2 Å². The number of nitrogens with zero attached hydrogens (tertiary/aromatic N) is 2. The van der Waals surface area contributed by atoms with Gasteiger partial charge in [-0.15, -0.1) is 0 Å². The van der Waals surface area contributed by atoms with Gasteiger partial charge in [-0.25, -0.2) is 0 Å². The van der Waals surface area contributed by atoms with Crippen LogP contribution in [0.2, 0.25) is 0 Å². The van der Waals surface area contributed by atoms with E-state index in [1.165, 1.54) is 16.7 Å². The summed E-state index contributed by atoms with van der Waals surface area (Å²) >= 11 is 0. The van der Waals surface area contributed by atoms with Crippen molar-refractivity contribution in [2.24, 2.45) is 0 Å². The maximum Gasteiger partial charge on any atom is 0.231 e. The molecule has 288 valence electrons. The van der Waals surface area contributed by atoms with E-state index in [4.69, 9.17) is 47.4 Å². The molecule has 2 atom stereocenters. The highest BCUT2D eigenvalue weighted by Crippen LogP contribution is 2.52. The Hall–Kier alpha value is -5.20. The Morgan fingerprint density at radius 1 is 0.556 bits per heavy atom. The number of likely N-dealkylation sites (N-methyl/N-ethyl adjacent to an activating group) is 2. The van der Waals surface area contributed by atoms with Gasteiger partial charge in [0.05, 0.1) is 49.8 Å². The first-order valence-electron chi connectivity index (χ1n) is 18.1. The minimum atomic E-state index is -0.0373. The first-order chi connectivity index (χ1) is 26.3. The lowest BCUT2D eigenvalue weighted by Gasteiger charge is -2.36. The first-order valence-corrected chi connectivity index (χ1v) is 18.1. The second kappa shape index (κ2) is 15.6. The SMILES string of the molecule is COc1cc2c(c(OC)c1OC)CCN(C)C2Cc1cc(Oc2ccc(C[C@H]3c4cc(OC)c5c(c4CCN3C)OCO5)cc2)c(OC)c(OC)c1OC. The molecular weight excluding hydrogens is 692 g/mol. The summed E-state index contributed by atoms with van der Waals surface area (Å²) < 4.78 is 59.1. The maximum absolute atomic E-state index is 6.59. The zero-order valence-electron chi connectivity index (χ0n) is 32.6. The summed E-state index contributed by atoms with van der Waals surface area (Å²) in [6, 6.07) is 14.5. The largest absolute Gasteiger partial charge is 0.493 e. The second-order valence-corrected chi connectivity index (χ2v) is 13.7. The van der Waals surface area contributed by atoms with E-state index in [0.717, 1.165) is 54.8 Å². The average Bonchev–Trinajstić information content (AvgIpc) is 3.69. The van der Waals surface area contributed by atoms with Crippen molar-refractivity contribution >= 4 is 0 Å². The summed E-state index contributed by atoms with van der Waals surface area (Å²) in [5.74, 6) is 6.80. The summed E-state index contributed by atoms with van der Waals surface area (Å²) in [7, 11) is 15.7. The van der Waals surface area contributed by atoms with Crippen molar-refractivity contribution in [2.45, 2.75) is 37.8 Å². The van der Waals surface area contributed by atoms with Crippen molar-refractivity contribution in [1.82, 2.24) is 9.80 Å². The van der Waals surface area contributed by atoms with Crippen LogP contribution in [0.3, 0.4) is 0 Å². The van der Waals surface area contributed by atoms with Gasteiger partial charge in [0.15, 0.2) is 34.5 Å². The van der Waals surface area contributed by atoms with E-state index in [0.29, 0.717) is 63.9 Å². The van der Waals surface area contributed by atoms with Gasteiger partial charge in [-0.2, -0.15) is 0 Å². The number of ether oxygens (including phenoxy) is 10. The highest BCUT2D eigenvalue weighted by Gasteiger charge is 2.35. The molecule has 0 aromatic heterocycles. The second-order valence-electron chi connectivity index (χ2n) is 13.7. The van der Waals surface area contributed by atoms with Gasteiger partial charge in [0.1, 0.15) is 5.75 Å². The summed E-state index contributed by atoms with van der Waals surface area (Å²) in [4.78, 5) is 4.71. The van der Waals surface area contributed by atoms with Crippen LogP contribution in [-0.2, 0) is 25.7 Å². The monoisotopic (exact) mass is 742 g/mol. The molecule has 4 aromatic carbocycles. The van der Waals surface area contributed by atoms with E-state index in [2.05, 4.69) is 48.2 Å². The van der Waals surface area contributed by atoms with E-state index in [1.807, 2.05) is 18.2 Å². The summed E-state index contributed by atoms with van der Waals surface area (Å²) in [5, 5.41) is 0. The molecule has 3 heterocycles. The van der Waals surface area contributed by atoms with Crippen LogP contribution in [-0.4, -0.2) is 93.5 Å². The Morgan fingerprint density at radius 2 is 1.11 bits per heavy atom. The predicted molar refractivity (Wildman–Crippen MR) is 203 cm³/mol. The van der Waals surface area contributed by atoms with Gasteiger partial charge in [0.25, 0.3) is 0 Å². The summed E-state index contributed by atoms with van der Waals surface area (Å²) in [5.41, 5.74) is 6.67. The highest BCUT2D eigenvalue weighted by molar-refractivity contribution is 5.65. The zero-order valence-corrected chi connectivity index (χ0v) is 32.6. The van der Waals surface area contributed by atoms with E-state index < -0.39 is 0 Å². The molecule has 0 spiro atoms. The minimum absolute atomic E-state index is 0.0373. The smallest absolute Gasteiger partial charge is 0.231 e. The molecule has 0 N–H and O–H groups in total. The lowest BCUT2D eigenvalue weighted by molar-refractivity contribution is 0.169. The van der Waals surface area contributed by atoms with E-state index in [-0.39, 0.29) is 18.9 Å². The van der Waals surface area contributed by atoms with Gasteiger partial charge in [-0.1, -0.05) is 12.1 Å². The van der Waals surface area contributed by atoms with Crippen LogP contribution in [0.5, 0.6) is 63.2 Å². The molecule has 0 radical (unpaired) electrons. The molecular formula is C42H50N2O10. The Morgan fingerprint density at radius 3 is 1.74 bits per heavy atom. The summed E-state index contributed by atoms with van der Waals surface area (Å²) in [6.07, 6.45) is 3.08. The molecule has 0 saturated heterocycles. The molecule has 54 heavy (non-hydrogen) atoms. The lowest BCUT2D eigenvalue weighted by Crippen LogP contribution is -2.34. The van der Waals surface area contributed by atoms with Crippen LogP contribution in [0, 0.1) is 0 Å². The molecule has 12 heteroatoms. The maximum atomic E-state index is 6.59. The van der Waals surface area contributed by atoms with Crippen molar-refractivity contribution in [1.29, 1.82) is 0 Å². The Bertz CT molecular complexity index is 2000. The fourth-order valence-corrected chi connectivity index (χ4v) is 8.23. The van der Waals surface area contributed by atoms with Crippen LogP contribution < -0.4 is 47.4 Å². The van der Waals surface area contributed by atoms with Gasteiger partial charge in [-0.05, 0) is 86.8 Å². The van der Waals surface area contributed by atoms with Crippen molar-refractivity contribution in [3.05, 3.63) is 75.8 Å². The molecule has 0 amide bonds. The number of hydrogen-bond donors (Lipinski definition) is 0. The van der Waals surface area contributed by atoms with E-state index in [9.17, 15) is 0 Å². The van der Waals surface area contributed by atoms with Crippen molar-refractivity contribution < 1.29 is 47.4 Å². The van der Waals surface area contributed by atoms with E-state index in [1.54, 1.807) is 49.8 Å². The third-order valence-electron chi connectivity index (χ3n) is 11.0. The third kappa shape index (κ3) is 6.51. The fraction of sp³-hybridized carbons (Fsp3) is 0.429. The number of methoxy groups -OCH3 is 7. The molecule has 0 bridgehead atoms. The molecule has 0 saturated carbocycles. The molecule has 4 aromatic rings. The number of hydrogen-bond acceptors (Lipinski definition) is 12. The fourth-order valence-electron chi connectivity index (χ4n) is 8.23. The Balaban J connectivity index is 1.19. The molecule has 0 aliphatic carbocycles. The van der Waals surface area contributed by atoms with Gasteiger partial charge < -0.3 is 47.4 Å². The van der Waals surface area contributed by atoms with Gasteiger partial charge in [0.2, 0.25) is 29.8 Å². The average molecular weight is 743 g/mol. The number of rotatable bonds is 13. The quantitative estimate of drug-likeness (QED) is 0.144. The Labute approximate surface area is 317 Å². The summed E-state index contributed by atoms with van der Waals surface area (Å²) in [6.45, 7) is 1.96. The molecule has 3 aliphatic heterocycles. The third-order valence-corrected chi connectivity index (χ3v) is 11.0. The lowest BCUT2D eigenvalue weighted by atomic mass is 9.87. The first kappa shape index (κ1) is 37.1. The van der Waals surface area contributed by atoms with Gasteiger partial charge in [0, 0.05) is 41.9 Å². The topological polar surface area (TPSA) is 98.8 Å². The van der Waals surface area contributed by atoms with Crippen molar-refractivity contribution in [3.63, 3.8) is 0 Å². The molecule has 1 unspecified atom stereocenters. The number of benzene rings is 4. The van der Waals surface area contributed by atoms with Crippen LogP contribution in [0.1, 0.15) is 45.5 Å². The minimum Gasteiger partial charge on any atom is -0.493 e. The van der Waals surface area contributed by atoms with Gasteiger partial charge >= 0.3 is 0 Å². The molecule has 12 nitrogen and oxygen atoms in total. The van der Waals surface area contributed by atoms with Crippen LogP contribution in [0.4, 0.5) is 0 Å². The van der Waals surface area contributed by atoms with Gasteiger partial charge in [-0.3, -0.25) is 9.80 Å². The van der Waals surface area contributed by atoms with Crippen LogP contribution in [0.15, 0.2) is 42.5 Å². The highest BCUT2D eigenvalue weighted by atomic mass is 16.7. The van der Waals surface area contributed by atoms with Crippen LogP contribution in [0.25, 0.3) is 0 Å². The molecule has 7 rings (SSSR count). The standard InChI is InChI=1S/C42H50N2O10/c1-43-17-15-28-30(22-34(46-4)41-38(28)52-23-53-41)31(43)18-24-10-12-26(13-11-24)54-35-20-25(36(47-5)42(51-9)40(35)50-8)19-32-29-21-33(45-3)39(49-7)37(48-6)27(29)14-16-44(32)2/h10-13,20-22,31-32H,14-19,23H2,1-9H3/t31-,32?/m0/s1. The van der Waals surface area contributed by atoms with Crippen LogP contribution >= 0.6 is 0 Å².